The molecule has 1 aliphatic rings. The smallest absolute Gasteiger partial charge is 0.475 e. The lowest BCUT2D eigenvalue weighted by Gasteiger charge is -2.21. The molecule has 156 valence electrons. The van der Waals surface area contributed by atoms with Gasteiger partial charge in [-0.05, 0) is 31.7 Å². The molecule has 3 amide bonds. The van der Waals surface area contributed by atoms with Crippen molar-refractivity contribution in [3.63, 3.8) is 0 Å². The van der Waals surface area contributed by atoms with Gasteiger partial charge in [0, 0.05) is 0 Å². The molecule has 12 heteroatoms. The van der Waals surface area contributed by atoms with Crippen molar-refractivity contribution >= 4 is 23.7 Å². The third-order valence-corrected chi connectivity index (χ3v) is 3.40. The number of aliphatic carboxylic acids is 1. The maximum absolute atomic E-state index is 12.0. The monoisotopic (exact) mass is 398 g/mol. The Morgan fingerprint density at radius 3 is 2.19 bits per heavy atom. The summed E-state index contributed by atoms with van der Waals surface area (Å²) in [5.74, 6) is -3.65. The van der Waals surface area contributed by atoms with Crippen LogP contribution in [0.3, 0.4) is 0 Å². The molecule has 0 bridgehead atoms. The number of primary amides is 1. The second-order valence-electron chi connectivity index (χ2n) is 6.33. The largest absolute Gasteiger partial charge is 0.490 e. The van der Waals surface area contributed by atoms with E-state index in [0.717, 1.165) is 19.4 Å². The minimum atomic E-state index is -5.08. The van der Waals surface area contributed by atoms with Crippen LogP contribution in [-0.4, -0.2) is 60.1 Å². The topological polar surface area (TPSA) is 151 Å². The van der Waals surface area contributed by atoms with Gasteiger partial charge in [0.05, 0.1) is 12.6 Å². The maximum Gasteiger partial charge on any atom is 0.490 e. The van der Waals surface area contributed by atoms with Gasteiger partial charge in [-0.3, -0.25) is 14.4 Å². The Kier molecular flexibility index (Phi) is 10.4. The van der Waals surface area contributed by atoms with E-state index in [0.29, 0.717) is 6.42 Å². The molecule has 1 rings (SSSR count). The van der Waals surface area contributed by atoms with E-state index in [4.69, 9.17) is 15.6 Å². The van der Waals surface area contributed by atoms with Gasteiger partial charge >= 0.3 is 12.1 Å². The first kappa shape index (κ1) is 24.6. The highest BCUT2D eigenvalue weighted by molar-refractivity contribution is 5.91. The van der Waals surface area contributed by atoms with Gasteiger partial charge in [0.25, 0.3) is 0 Å². The highest BCUT2D eigenvalue weighted by Gasteiger charge is 2.38. The van der Waals surface area contributed by atoms with Crippen molar-refractivity contribution in [2.24, 2.45) is 11.7 Å². The van der Waals surface area contributed by atoms with Gasteiger partial charge in [-0.1, -0.05) is 13.8 Å². The Labute approximate surface area is 154 Å². The van der Waals surface area contributed by atoms with Crippen LogP contribution in [0.15, 0.2) is 0 Å². The molecule has 0 aromatic heterocycles. The highest BCUT2D eigenvalue weighted by atomic mass is 19.4. The molecule has 6 N–H and O–H groups in total. The van der Waals surface area contributed by atoms with E-state index >= 15 is 0 Å². The van der Waals surface area contributed by atoms with Gasteiger partial charge in [0.15, 0.2) is 0 Å². The van der Waals surface area contributed by atoms with E-state index in [2.05, 4.69) is 16.0 Å². The number of rotatable bonds is 7. The van der Waals surface area contributed by atoms with Crippen molar-refractivity contribution in [1.29, 1.82) is 0 Å². The quantitative estimate of drug-likeness (QED) is 0.390. The number of hydrogen-bond acceptors (Lipinski definition) is 5. The highest BCUT2D eigenvalue weighted by Crippen LogP contribution is 2.13. The molecule has 2 atom stereocenters. The number of amides is 3. The van der Waals surface area contributed by atoms with E-state index < -0.39 is 24.1 Å². The molecule has 0 aliphatic carbocycles. The normalized spacial score (nSPS) is 17.5. The molecule has 2 unspecified atom stereocenters. The first-order valence-corrected chi connectivity index (χ1v) is 8.24. The SMILES string of the molecule is CC(C)CC(NC(=O)C1CCCN1)C(=O)NCC(N)=O.O=C(O)C(F)(F)F. The summed E-state index contributed by atoms with van der Waals surface area (Å²) < 4.78 is 31.7. The zero-order valence-electron chi connectivity index (χ0n) is 15.1. The van der Waals surface area contributed by atoms with Gasteiger partial charge in [0.1, 0.15) is 6.04 Å². The molecule has 0 aromatic carbocycles. The lowest BCUT2D eigenvalue weighted by Crippen LogP contribution is -2.52. The Balaban J connectivity index is 0.000000821. The lowest BCUT2D eigenvalue weighted by molar-refractivity contribution is -0.192. The maximum atomic E-state index is 12.0. The Hall–Kier alpha value is -2.37. The number of hydrogen-bond donors (Lipinski definition) is 5. The van der Waals surface area contributed by atoms with Gasteiger partial charge in [0.2, 0.25) is 17.7 Å². The van der Waals surface area contributed by atoms with Crippen LogP contribution in [-0.2, 0) is 19.2 Å². The second kappa shape index (κ2) is 11.4. The van der Waals surface area contributed by atoms with Gasteiger partial charge in [-0.15, -0.1) is 0 Å². The number of nitrogens with one attached hydrogen (secondary N) is 3. The van der Waals surface area contributed by atoms with Crippen LogP contribution >= 0.6 is 0 Å². The zero-order valence-corrected chi connectivity index (χ0v) is 15.1. The minimum Gasteiger partial charge on any atom is -0.475 e. The van der Waals surface area contributed by atoms with E-state index in [1.807, 2.05) is 13.8 Å². The fourth-order valence-corrected chi connectivity index (χ4v) is 2.18. The number of carbonyl (C=O) groups excluding carboxylic acids is 3. The molecule has 27 heavy (non-hydrogen) atoms. The number of alkyl halides is 3. The molecule has 1 aliphatic heterocycles. The number of carbonyl (C=O) groups is 4. The van der Waals surface area contributed by atoms with E-state index in [9.17, 15) is 27.6 Å². The van der Waals surface area contributed by atoms with Crippen LogP contribution in [0.1, 0.15) is 33.1 Å². The van der Waals surface area contributed by atoms with Crippen molar-refractivity contribution in [1.82, 2.24) is 16.0 Å². The van der Waals surface area contributed by atoms with E-state index in [-0.39, 0.29) is 30.3 Å². The Bertz CT molecular complexity index is 534. The summed E-state index contributed by atoms with van der Waals surface area (Å²) in [5.41, 5.74) is 4.99. The number of carboxylic acid groups (broad SMARTS) is 1. The van der Waals surface area contributed by atoms with E-state index in [1.54, 1.807) is 0 Å². The molecule has 1 saturated heterocycles. The molecule has 0 saturated carbocycles. The van der Waals surface area contributed by atoms with Gasteiger partial charge in [-0.25, -0.2) is 4.79 Å². The predicted octanol–water partition coefficient (Wildman–Crippen LogP) is -0.496. The third-order valence-electron chi connectivity index (χ3n) is 3.40. The summed E-state index contributed by atoms with van der Waals surface area (Å²) in [7, 11) is 0. The Morgan fingerprint density at radius 1 is 1.26 bits per heavy atom. The van der Waals surface area contributed by atoms with Crippen molar-refractivity contribution in [3.8, 4) is 0 Å². The summed E-state index contributed by atoms with van der Waals surface area (Å²) >= 11 is 0. The van der Waals surface area contributed by atoms with Crippen LogP contribution in [0, 0.1) is 5.92 Å². The molecule has 1 heterocycles. The van der Waals surface area contributed by atoms with Gasteiger partial charge in [-0.2, -0.15) is 13.2 Å². The fraction of sp³-hybridized carbons (Fsp3) is 0.733. The van der Waals surface area contributed by atoms with E-state index in [1.165, 1.54) is 0 Å². The Morgan fingerprint density at radius 2 is 1.81 bits per heavy atom. The molecule has 0 radical (unpaired) electrons. The first-order valence-electron chi connectivity index (χ1n) is 8.24. The molecule has 0 spiro atoms. The number of carboxylic acids is 1. The third kappa shape index (κ3) is 11.1. The summed E-state index contributed by atoms with van der Waals surface area (Å²) in [6.45, 7) is 4.54. The molecular formula is C15H25F3N4O5. The van der Waals surface area contributed by atoms with Crippen LogP contribution in [0.2, 0.25) is 0 Å². The summed E-state index contributed by atoms with van der Waals surface area (Å²) in [4.78, 5) is 43.6. The first-order chi connectivity index (χ1) is 12.3. The fourth-order valence-electron chi connectivity index (χ4n) is 2.18. The molecule has 1 fully saturated rings. The second-order valence-corrected chi connectivity index (χ2v) is 6.33. The molecule has 0 aromatic rings. The van der Waals surface area contributed by atoms with Crippen molar-refractivity contribution in [3.05, 3.63) is 0 Å². The van der Waals surface area contributed by atoms with Crippen molar-refractivity contribution < 1.29 is 37.5 Å². The zero-order chi connectivity index (χ0) is 21.2. The average Bonchev–Trinajstić information content (AvgIpc) is 3.05. The van der Waals surface area contributed by atoms with Crippen LogP contribution < -0.4 is 21.7 Å². The molecular weight excluding hydrogens is 373 g/mol. The lowest BCUT2D eigenvalue weighted by atomic mass is 10.0. The summed E-state index contributed by atoms with van der Waals surface area (Å²) in [6.07, 6.45) is -2.83. The molecule has 9 nitrogen and oxygen atoms in total. The summed E-state index contributed by atoms with van der Waals surface area (Å²) in [5, 5.41) is 15.4. The number of nitrogens with two attached hydrogens (primary N) is 1. The average molecular weight is 398 g/mol. The predicted molar refractivity (Wildman–Crippen MR) is 88.3 cm³/mol. The van der Waals surface area contributed by atoms with Crippen molar-refractivity contribution in [2.45, 2.75) is 51.4 Å². The standard InChI is InChI=1S/C13H24N4O3.C2HF3O2/c1-8(2)6-10(12(19)16-7-11(14)18)17-13(20)9-4-3-5-15-9;3-2(4,5)1(6)7/h8-10,15H,3-7H2,1-2H3,(H2,14,18)(H,16,19)(H,17,20);(H,6,7). The number of halogens is 3. The van der Waals surface area contributed by atoms with Crippen LogP contribution in [0.25, 0.3) is 0 Å². The van der Waals surface area contributed by atoms with Crippen molar-refractivity contribution in [2.75, 3.05) is 13.1 Å². The minimum absolute atomic E-state index is 0.164. The van der Waals surface area contributed by atoms with Crippen LogP contribution in [0.5, 0.6) is 0 Å². The van der Waals surface area contributed by atoms with Gasteiger partial charge < -0.3 is 26.8 Å². The van der Waals surface area contributed by atoms with Crippen LogP contribution in [0.4, 0.5) is 13.2 Å². The summed E-state index contributed by atoms with van der Waals surface area (Å²) in [6, 6.07) is -0.863.